The first-order valence-electron chi connectivity index (χ1n) is 5.36. The van der Waals surface area contributed by atoms with Gasteiger partial charge in [-0.2, -0.15) is 0 Å². The number of rotatable bonds is 6. The molecule has 1 aromatic rings. The molecule has 0 fully saturated rings. The van der Waals surface area contributed by atoms with Crippen molar-refractivity contribution in [3.63, 3.8) is 0 Å². The lowest BCUT2D eigenvalue weighted by Gasteiger charge is -2.16. The molecule has 0 aliphatic heterocycles. The van der Waals surface area contributed by atoms with Crippen molar-refractivity contribution in [3.05, 3.63) is 34.9 Å². The Labute approximate surface area is 101 Å². The van der Waals surface area contributed by atoms with Crippen LogP contribution in [-0.2, 0) is 11.2 Å². The van der Waals surface area contributed by atoms with Gasteiger partial charge in [-0.15, -0.1) is 0 Å². The van der Waals surface area contributed by atoms with Crippen molar-refractivity contribution >= 4 is 17.4 Å². The Hall–Kier alpha value is -0.900. The predicted octanol–water partition coefficient (Wildman–Crippen LogP) is 1.95. The van der Waals surface area contributed by atoms with E-state index >= 15 is 0 Å². The summed E-state index contributed by atoms with van der Waals surface area (Å²) >= 11 is 5.90. The van der Waals surface area contributed by atoms with Gasteiger partial charge in [-0.05, 0) is 31.2 Å². The molecule has 2 N–H and O–H groups in total. The Morgan fingerprint density at radius 1 is 1.50 bits per heavy atom. The third-order valence-corrected chi connectivity index (χ3v) is 2.62. The van der Waals surface area contributed by atoms with Crippen molar-refractivity contribution in [1.82, 2.24) is 10.9 Å². The van der Waals surface area contributed by atoms with Gasteiger partial charge >= 0.3 is 0 Å². The monoisotopic (exact) mass is 240 g/mol. The first kappa shape index (κ1) is 13.2. The van der Waals surface area contributed by atoms with Crippen molar-refractivity contribution in [2.24, 2.45) is 0 Å². The first-order valence-corrected chi connectivity index (χ1v) is 5.74. The van der Waals surface area contributed by atoms with Crippen LogP contribution in [0.4, 0.5) is 0 Å². The van der Waals surface area contributed by atoms with E-state index in [1.54, 1.807) is 7.05 Å². The number of hydrogen-bond acceptors (Lipinski definition) is 3. The van der Waals surface area contributed by atoms with Crippen molar-refractivity contribution in [2.45, 2.75) is 25.8 Å². The minimum Gasteiger partial charge on any atom is -0.298 e. The van der Waals surface area contributed by atoms with E-state index in [1.807, 2.05) is 31.2 Å². The fraction of sp³-hybridized carbons (Fsp3) is 0.417. The van der Waals surface area contributed by atoms with Crippen LogP contribution in [0.3, 0.4) is 0 Å². The molecule has 0 heterocycles. The molecular weight excluding hydrogens is 224 g/mol. The maximum Gasteiger partial charge on any atom is 0.151 e. The second-order valence-electron chi connectivity index (χ2n) is 3.60. The smallest absolute Gasteiger partial charge is 0.151 e. The summed E-state index contributed by atoms with van der Waals surface area (Å²) in [6.07, 6.45) is 1.17. The Morgan fingerprint density at radius 3 is 2.81 bits per heavy atom. The van der Waals surface area contributed by atoms with Gasteiger partial charge in [0.25, 0.3) is 0 Å². The largest absolute Gasteiger partial charge is 0.298 e. The maximum atomic E-state index is 11.7. The van der Waals surface area contributed by atoms with E-state index in [0.717, 1.165) is 5.56 Å². The summed E-state index contributed by atoms with van der Waals surface area (Å²) in [7, 11) is 1.76. The molecule has 0 aliphatic carbocycles. The van der Waals surface area contributed by atoms with E-state index in [9.17, 15) is 4.79 Å². The molecule has 4 heteroatoms. The first-order chi connectivity index (χ1) is 7.67. The van der Waals surface area contributed by atoms with E-state index < -0.39 is 0 Å². The van der Waals surface area contributed by atoms with Gasteiger partial charge in [0.1, 0.15) is 0 Å². The maximum absolute atomic E-state index is 11.7. The Balaban J connectivity index is 2.71. The van der Waals surface area contributed by atoms with Gasteiger partial charge in [0, 0.05) is 11.4 Å². The zero-order chi connectivity index (χ0) is 12.0. The number of carbonyl (C=O) groups is 1. The number of halogens is 1. The summed E-state index contributed by atoms with van der Waals surface area (Å²) in [5.74, 6) is 0.189. The molecule has 1 aromatic carbocycles. The fourth-order valence-electron chi connectivity index (χ4n) is 1.57. The summed E-state index contributed by atoms with van der Waals surface area (Å²) in [4.78, 5) is 11.7. The lowest BCUT2D eigenvalue weighted by molar-refractivity contribution is -0.121. The highest BCUT2D eigenvalue weighted by Crippen LogP contribution is 2.12. The number of hydrogen-bond donors (Lipinski definition) is 2. The Kier molecular flexibility index (Phi) is 5.46. The molecule has 1 rings (SSSR count). The molecule has 3 nitrogen and oxygen atoms in total. The van der Waals surface area contributed by atoms with Gasteiger partial charge in [0.2, 0.25) is 0 Å². The van der Waals surface area contributed by atoms with Crippen molar-refractivity contribution in [3.8, 4) is 0 Å². The Bertz CT molecular complexity index is 355. The molecule has 0 aromatic heterocycles. The van der Waals surface area contributed by atoms with Gasteiger partial charge in [-0.3, -0.25) is 10.2 Å². The molecule has 0 amide bonds. The lowest BCUT2D eigenvalue weighted by Crippen LogP contribution is -2.44. The highest BCUT2D eigenvalue weighted by molar-refractivity contribution is 6.30. The highest BCUT2D eigenvalue weighted by Gasteiger charge is 2.15. The van der Waals surface area contributed by atoms with E-state index in [0.29, 0.717) is 17.9 Å². The summed E-state index contributed by atoms with van der Waals surface area (Å²) < 4.78 is 0. The number of Topliss-reactive ketones (excluding diaryl/α,β-unsaturated/α-hetero) is 1. The zero-order valence-electron chi connectivity index (χ0n) is 9.59. The lowest BCUT2D eigenvalue weighted by atomic mass is 10.0. The van der Waals surface area contributed by atoms with Crippen LogP contribution in [-0.4, -0.2) is 18.9 Å². The van der Waals surface area contributed by atoms with Gasteiger partial charge < -0.3 is 0 Å². The molecule has 0 saturated carbocycles. The van der Waals surface area contributed by atoms with Crippen LogP contribution in [0.2, 0.25) is 5.02 Å². The average molecular weight is 241 g/mol. The van der Waals surface area contributed by atoms with Gasteiger partial charge in [0.05, 0.1) is 6.04 Å². The van der Waals surface area contributed by atoms with Crippen LogP contribution in [0.5, 0.6) is 0 Å². The summed E-state index contributed by atoms with van der Waals surface area (Å²) in [6.45, 7) is 1.87. The molecule has 0 saturated heterocycles. The minimum absolute atomic E-state index is 0.189. The van der Waals surface area contributed by atoms with Crippen molar-refractivity contribution in [1.29, 1.82) is 0 Å². The number of ketones is 1. The third-order valence-electron chi connectivity index (χ3n) is 2.38. The number of benzene rings is 1. The molecule has 88 valence electrons. The third kappa shape index (κ3) is 3.93. The molecule has 1 atom stereocenters. The topological polar surface area (TPSA) is 41.1 Å². The van der Waals surface area contributed by atoms with Crippen molar-refractivity contribution < 1.29 is 4.79 Å². The summed E-state index contributed by atoms with van der Waals surface area (Å²) in [6, 6.07) is 7.37. The molecule has 0 aliphatic rings. The Morgan fingerprint density at radius 2 is 2.25 bits per heavy atom. The van der Waals surface area contributed by atoms with Crippen LogP contribution < -0.4 is 10.9 Å². The number of nitrogens with one attached hydrogen (secondary N) is 2. The standard InChI is InChI=1S/C12H17ClN2O/c1-3-12(16)11(15-14-2)8-9-5-4-6-10(13)7-9/h4-7,11,14-15H,3,8H2,1-2H3. The fourth-order valence-corrected chi connectivity index (χ4v) is 1.78. The molecule has 0 spiro atoms. The van der Waals surface area contributed by atoms with Crippen LogP contribution in [0.1, 0.15) is 18.9 Å². The molecule has 16 heavy (non-hydrogen) atoms. The predicted molar refractivity (Wildman–Crippen MR) is 66.4 cm³/mol. The number of carbonyl (C=O) groups excluding carboxylic acids is 1. The van der Waals surface area contributed by atoms with Crippen LogP contribution in [0.15, 0.2) is 24.3 Å². The minimum atomic E-state index is -0.200. The van der Waals surface area contributed by atoms with Gasteiger partial charge in [-0.1, -0.05) is 30.7 Å². The van der Waals surface area contributed by atoms with Gasteiger partial charge in [-0.25, -0.2) is 5.43 Å². The number of hydrazine groups is 1. The van der Waals surface area contributed by atoms with E-state index in [4.69, 9.17) is 11.6 Å². The van der Waals surface area contributed by atoms with E-state index in [1.165, 1.54) is 0 Å². The van der Waals surface area contributed by atoms with Gasteiger partial charge in [0.15, 0.2) is 5.78 Å². The second kappa shape index (κ2) is 6.63. The van der Waals surface area contributed by atoms with Crippen LogP contribution in [0, 0.1) is 0 Å². The average Bonchev–Trinajstić information content (AvgIpc) is 2.27. The molecular formula is C12H17ClN2O. The SMILES string of the molecule is CCC(=O)C(Cc1cccc(Cl)c1)NNC. The van der Waals surface area contributed by atoms with Crippen LogP contribution in [0.25, 0.3) is 0 Å². The molecule has 1 unspecified atom stereocenters. The molecule has 0 radical (unpaired) electrons. The summed E-state index contributed by atoms with van der Waals surface area (Å²) in [5, 5.41) is 0.699. The van der Waals surface area contributed by atoms with E-state index in [2.05, 4.69) is 10.9 Å². The quantitative estimate of drug-likeness (QED) is 0.747. The second-order valence-corrected chi connectivity index (χ2v) is 4.04. The van der Waals surface area contributed by atoms with Crippen molar-refractivity contribution in [2.75, 3.05) is 7.05 Å². The normalized spacial score (nSPS) is 12.4. The highest BCUT2D eigenvalue weighted by atomic mass is 35.5. The van der Waals surface area contributed by atoms with Crippen LogP contribution >= 0.6 is 11.6 Å². The van der Waals surface area contributed by atoms with E-state index in [-0.39, 0.29) is 11.8 Å². The molecule has 0 bridgehead atoms. The zero-order valence-corrected chi connectivity index (χ0v) is 10.3. The summed E-state index contributed by atoms with van der Waals surface area (Å²) in [5.41, 5.74) is 6.83.